The van der Waals surface area contributed by atoms with Gasteiger partial charge in [0, 0.05) is 12.0 Å². The van der Waals surface area contributed by atoms with Crippen LogP contribution in [0.1, 0.15) is 84.5 Å². The average molecular weight is 507 g/mol. The van der Waals surface area contributed by atoms with Crippen molar-refractivity contribution in [1.82, 2.24) is 0 Å². The molecular weight excluding hydrogens is 459 g/mol. The Morgan fingerprint density at radius 3 is 2.00 bits per heavy atom. The summed E-state index contributed by atoms with van der Waals surface area (Å²) in [6.07, 6.45) is 14.1. The van der Waals surface area contributed by atoms with Gasteiger partial charge < -0.3 is 14.0 Å². The zero-order valence-corrected chi connectivity index (χ0v) is 22.9. The molecule has 0 radical (unpaired) electrons. The van der Waals surface area contributed by atoms with E-state index in [0.717, 1.165) is 23.6 Å². The molecule has 2 rings (SSSR count). The molecule has 0 amide bonds. The number of ether oxygens (including phenoxy) is 2. The van der Waals surface area contributed by atoms with E-state index < -0.39 is 7.60 Å². The summed E-state index contributed by atoms with van der Waals surface area (Å²) in [4.78, 5) is 0. The lowest BCUT2D eigenvalue weighted by molar-refractivity contribution is 0.0576. The maximum absolute atomic E-state index is 13.6. The lowest BCUT2D eigenvalue weighted by Gasteiger charge is -2.20. The summed E-state index contributed by atoms with van der Waals surface area (Å²) >= 11 is 0. The van der Waals surface area contributed by atoms with E-state index in [1.165, 1.54) is 57.8 Å². The summed E-state index contributed by atoms with van der Waals surface area (Å²) in [6, 6.07) is 13.8. The van der Waals surface area contributed by atoms with Crippen LogP contribution < -0.4 is 4.52 Å². The van der Waals surface area contributed by atoms with E-state index in [1.807, 2.05) is 49.4 Å². The van der Waals surface area contributed by atoms with E-state index in [0.29, 0.717) is 38.8 Å². The third-order valence-corrected chi connectivity index (χ3v) is 7.89. The first-order valence-electron chi connectivity index (χ1n) is 13.7. The fourth-order valence-electron chi connectivity index (χ4n) is 4.07. The van der Waals surface area contributed by atoms with Crippen LogP contribution in [0.5, 0.6) is 5.75 Å². The van der Waals surface area contributed by atoms with Crippen molar-refractivity contribution in [2.24, 2.45) is 0 Å². The summed E-state index contributed by atoms with van der Waals surface area (Å²) in [5.74, 6) is 0.597. The Morgan fingerprint density at radius 2 is 1.29 bits per heavy atom. The molecule has 0 saturated carbocycles. The Bertz CT molecular complexity index is 835. The third-order valence-electron chi connectivity index (χ3n) is 6.11. The first-order chi connectivity index (χ1) is 17.2. The minimum absolute atomic E-state index is 0.223. The normalized spacial score (nSPS) is 13.2. The molecule has 198 valence electrons. The highest BCUT2D eigenvalue weighted by Crippen LogP contribution is 2.49. The highest BCUT2D eigenvalue weighted by Gasteiger charge is 2.27. The predicted octanol–water partition coefficient (Wildman–Crippen LogP) is 8.79. The van der Waals surface area contributed by atoms with Crippen LogP contribution in [0, 0.1) is 0 Å². The molecule has 0 spiro atoms. The molecular formula is C29H47O5P. The maximum atomic E-state index is 13.6. The quantitative estimate of drug-likeness (QED) is 0.118. The van der Waals surface area contributed by atoms with Gasteiger partial charge in [0.15, 0.2) is 0 Å². The third kappa shape index (κ3) is 12.9. The Hall–Kier alpha value is -1.39. The van der Waals surface area contributed by atoms with Gasteiger partial charge in [0.1, 0.15) is 5.75 Å². The summed E-state index contributed by atoms with van der Waals surface area (Å²) in [5.41, 5.74) is 0. The van der Waals surface area contributed by atoms with Gasteiger partial charge in [-0.15, -0.1) is 0 Å². The molecule has 0 aliphatic carbocycles. The lowest BCUT2D eigenvalue weighted by Crippen LogP contribution is -2.11. The van der Waals surface area contributed by atoms with Crippen LogP contribution in [0.4, 0.5) is 0 Å². The SMILES string of the molecule is CCCCCCCCCCCCCOP(=O)(CCOCCOCC)Oc1cccc2ccccc12. The highest BCUT2D eigenvalue weighted by molar-refractivity contribution is 7.54. The lowest BCUT2D eigenvalue weighted by atomic mass is 10.1. The van der Waals surface area contributed by atoms with Crippen molar-refractivity contribution < 1.29 is 23.1 Å². The molecule has 0 bridgehead atoms. The molecule has 0 aliphatic heterocycles. The van der Waals surface area contributed by atoms with Crippen molar-refractivity contribution in [3.8, 4) is 5.75 Å². The summed E-state index contributed by atoms with van der Waals surface area (Å²) in [6.45, 7) is 6.63. The highest BCUT2D eigenvalue weighted by atomic mass is 31.2. The Morgan fingerprint density at radius 1 is 0.657 bits per heavy atom. The number of hydrogen-bond acceptors (Lipinski definition) is 5. The van der Waals surface area contributed by atoms with Crippen LogP contribution in [0.15, 0.2) is 42.5 Å². The molecule has 35 heavy (non-hydrogen) atoms. The van der Waals surface area contributed by atoms with E-state index >= 15 is 0 Å². The van der Waals surface area contributed by atoms with E-state index in [9.17, 15) is 4.57 Å². The summed E-state index contributed by atoms with van der Waals surface area (Å²) in [7, 11) is -3.35. The molecule has 0 heterocycles. The number of unbranched alkanes of at least 4 members (excludes halogenated alkanes) is 10. The molecule has 1 atom stereocenters. The molecule has 0 aromatic heterocycles. The maximum Gasteiger partial charge on any atom is 0.381 e. The second-order valence-corrected chi connectivity index (χ2v) is 11.2. The van der Waals surface area contributed by atoms with E-state index in [4.69, 9.17) is 18.5 Å². The largest absolute Gasteiger partial charge is 0.424 e. The van der Waals surface area contributed by atoms with Crippen molar-refractivity contribution in [3.05, 3.63) is 42.5 Å². The van der Waals surface area contributed by atoms with Crippen LogP contribution in [0.3, 0.4) is 0 Å². The number of rotatable bonds is 22. The monoisotopic (exact) mass is 506 g/mol. The van der Waals surface area contributed by atoms with Gasteiger partial charge in [-0.25, -0.2) is 4.57 Å². The Labute approximate surface area is 213 Å². The molecule has 2 aromatic rings. The fourth-order valence-corrected chi connectivity index (χ4v) is 5.56. The van der Waals surface area contributed by atoms with Gasteiger partial charge in [0.05, 0.1) is 32.6 Å². The van der Waals surface area contributed by atoms with Crippen LogP contribution >= 0.6 is 7.60 Å². The van der Waals surface area contributed by atoms with Gasteiger partial charge >= 0.3 is 7.60 Å². The molecule has 2 aromatic carbocycles. The summed E-state index contributed by atoms with van der Waals surface area (Å²) < 4.78 is 36.5. The first-order valence-corrected chi connectivity index (χ1v) is 15.5. The van der Waals surface area contributed by atoms with Crippen molar-refractivity contribution in [2.45, 2.75) is 84.5 Å². The molecule has 6 heteroatoms. The minimum atomic E-state index is -3.35. The molecule has 0 N–H and O–H groups in total. The number of hydrogen-bond donors (Lipinski definition) is 0. The fraction of sp³-hybridized carbons (Fsp3) is 0.655. The van der Waals surface area contributed by atoms with E-state index in [-0.39, 0.29) is 6.16 Å². The van der Waals surface area contributed by atoms with Crippen LogP contribution in [-0.4, -0.2) is 39.2 Å². The molecule has 1 unspecified atom stereocenters. The molecule has 0 saturated heterocycles. The molecule has 0 aliphatic rings. The van der Waals surface area contributed by atoms with Crippen LogP contribution in [0.25, 0.3) is 10.8 Å². The Balaban J connectivity index is 1.76. The topological polar surface area (TPSA) is 54.0 Å². The van der Waals surface area contributed by atoms with Gasteiger partial charge in [-0.2, -0.15) is 0 Å². The van der Waals surface area contributed by atoms with Crippen molar-refractivity contribution in [1.29, 1.82) is 0 Å². The average Bonchev–Trinajstić information content (AvgIpc) is 2.87. The van der Waals surface area contributed by atoms with E-state index in [2.05, 4.69) is 6.92 Å². The van der Waals surface area contributed by atoms with Crippen molar-refractivity contribution >= 4 is 18.4 Å². The predicted molar refractivity (Wildman–Crippen MR) is 147 cm³/mol. The minimum Gasteiger partial charge on any atom is -0.424 e. The van der Waals surface area contributed by atoms with Gasteiger partial charge in [-0.1, -0.05) is 108 Å². The summed E-state index contributed by atoms with van der Waals surface area (Å²) in [5, 5.41) is 1.99. The second-order valence-electron chi connectivity index (χ2n) is 9.08. The van der Waals surface area contributed by atoms with Crippen LogP contribution in [-0.2, 0) is 18.6 Å². The van der Waals surface area contributed by atoms with E-state index in [1.54, 1.807) is 0 Å². The van der Waals surface area contributed by atoms with Gasteiger partial charge in [-0.3, -0.25) is 4.52 Å². The number of fused-ring (bicyclic) bond motifs is 1. The number of benzene rings is 2. The molecule has 5 nitrogen and oxygen atoms in total. The van der Waals surface area contributed by atoms with Crippen LogP contribution in [0.2, 0.25) is 0 Å². The molecule has 0 fully saturated rings. The van der Waals surface area contributed by atoms with Gasteiger partial charge in [0.25, 0.3) is 0 Å². The zero-order valence-electron chi connectivity index (χ0n) is 22.1. The zero-order chi connectivity index (χ0) is 25.0. The van der Waals surface area contributed by atoms with Gasteiger partial charge in [0.2, 0.25) is 0 Å². The smallest absolute Gasteiger partial charge is 0.381 e. The van der Waals surface area contributed by atoms with Crippen molar-refractivity contribution in [3.63, 3.8) is 0 Å². The second kappa shape index (κ2) is 18.8. The first kappa shape index (κ1) is 29.8. The Kier molecular flexibility index (Phi) is 16.0. The van der Waals surface area contributed by atoms with Crippen molar-refractivity contribution in [2.75, 3.05) is 39.2 Å². The van der Waals surface area contributed by atoms with Gasteiger partial charge in [-0.05, 0) is 24.8 Å². The standard InChI is InChI=1S/C29H47O5P/c1-3-5-6-7-8-9-10-11-12-13-16-22-33-35(30,26-25-32-24-23-31-4-2)34-29-21-17-19-27-18-14-15-20-28(27)29/h14-15,17-21H,3-13,16,22-26H2,1-2H3.